The van der Waals surface area contributed by atoms with Crippen molar-refractivity contribution in [2.75, 3.05) is 0 Å². The Hall–Kier alpha value is -2.54. The van der Waals surface area contributed by atoms with Crippen LogP contribution < -0.4 is 0 Å². The van der Waals surface area contributed by atoms with E-state index >= 15 is 0 Å². The minimum Gasteiger partial charge on any atom is -0.484 e. The lowest BCUT2D eigenvalue weighted by Gasteiger charge is -2.13. The summed E-state index contributed by atoms with van der Waals surface area (Å²) in [4.78, 5) is 0. The van der Waals surface area contributed by atoms with Crippen LogP contribution in [0.1, 0.15) is 35.6 Å². The van der Waals surface area contributed by atoms with Crippen LogP contribution in [-0.2, 0) is 4.74 Å². The van der Waals surface area contributed by atoms with Crippen molar-refractivity contribution in [1.29, 1.82) is 0 Å². The maximum atomic E-state index is 6.30. The van der Waals surface area contributed by atoms with Gasteiger partial charge in [-0.3, -0.25) is 0 Å². The fourth-order valence-electron chi connectivity index (χ4n) is 2.94. The molecular weight excluding hydrogens is 268 g/mol. The maximum absolute atomic E-state index is 6.30. The van der Waals surface area contributed by atoms with Gasteiger partial charge in [-0.2, -0.15) is 0 Å². The molecule has 1 nitrogen and oxygen atoms in total. The van der Waals surface area contributed by atoms with E-state index in [0.717, 1.165) is 18.6 Å². The highest BCUT2D eigenvalue weighted by Crippen LogP contribution is 2.44. The van der Waals surface area contributed by atoms with E-state index in [-0.39, 0.29) is 6.10 Å². The van der Waals surface area contributed by atoms with Gasteiger partial charge in [0.25, 0.3) is 0 Å². The largest absolute Gasteiger partial charge is 0.484 e. The Morgan fingerprint density at radius 3 is 2.41 bits per heavy atom. The normalized spacial score (nSPS) is 18.3. The first-order chi connectivity index (χ1) is 10.8. The van der Waals surface area contributed by atoms with Gasteiger partial charge in [0.1, 0.15) is 11.9 Å². The SMILES string of the molecule is C=CC/C(=C1/OC(CC=C)c2ccccc21)c1ccccc1. The smallest absolute Gasteiger partial charge is 0.131 e. The van der Waals surface area contributed by atoms with Crippen molar-refractivity contribution in [3.8, 4) is 0 Å². The third kappa shape index (κ3) is 2.62. The van der Waals surface area contributed by atoms with Gasteiger partial charge in [0.05, 0.1) is 0 Å². The predicted octanol–water partition coefficient (Wildman–Crippen LogP) is 5.78. The lowest BCUT2D eigenvalue weighted by atomic mass is 9.96. The van der Waals surface area contributed by atoms with Gasteiger partial charge in [-0.05, 0) is 12.0 Å². The van der Waals surface area contributed by atoms with E-state index in [0.29, 0.717) is 0 Å². The van der Waals surface area contributed by atoms with E-state index < -0.39 is 0 Å². The number of rotatable bonds is 5. The molecule has 1 aliphatic heterocycles. The summed E-state index contributed by atoms with van der Waals surface area (Å²) in [6, 6.07) is 18.8. The molecule has 1 aliphatic rings. The molecule has 0 aromatic heterocycles. The summed E-state index contributed by atoms with van der Waals surface area (Å²) in [6.07, 6.45) is 5.51. The number of hydrogen-bond acceptors (Lipinski definition) is 1. The standard InChI is InChI=1S/C21H20O/c1-3-10-17(16-12-6-5-7-13-16)21-19-15-9-8-14-18(19)20(22-21)11-4-2/h3-9,12-15,20H,1-2,10-11H2/b21-17-. The lowest BCUT2D eigenvalue weighted by Crippen LogP contribution is -1.94. The molecule has 2 aromatic carbocycles. The Balaban J connectivity index is 2.15. The second kappa shape index (κ2) is 6.48. The van der Waals surface area contributed by atoms with Gasteiger partial charge >= 0.3 is 0 Å². The van der Waals surface area contributed by atoms with E-state index in [4.69, 9.17) is 4.74 Å². The Bertz CT molecular complexity index is 710. The number of ether oxygens (including phenoxy) is 1. The predicted molar refractivity (Wildman–Crippen MR) is 93.2 cm³/mol. The van der Waals surface area contributed by atoms with Gasteiger partial charge in [0, 0.05) is 23.1 Å². The first-order valence-corrected chi connectivity index (χ1v) is 7.61. The molecule has 110 valence electrons. The molecular formula is C21H20O. The minimum atomic E-state index is 0.0622. The first kappa shape index (κ1) is 14.4. The quantitative estimate of drug-likeness (QED) is 0.634. The van der Waals surface area contributed by atoms with E-state index in [1.54, 1.807) is 0 Å². The summed E-state index contributed by atoms with van der Waals surface area (Å²) in [5, 5.41) is 0. The van der Waals surface area contributed by atoms with Gasteiger partial charge in [-0.1, -0.05) is 66.7 Å². The monoisotopic (exact) mass is 288 g/mol. The molecule has 2 aromatic rings. The molecule has 0 fully saturated rings. The highest BCUT2D eigenvalue weighted by Gasteiger charge is 2.29. The van der Waals surface area contributed by atoms with Crippen molar-refractivity contribution in [3.05, 3.63) is 96.6 Å². The van der Waals surface area contributed by atoms with E-state index in [2.05, 4.69) is 61.7 Å². The molecule has 0 saturated carbocycles. The molecule has 0 spiro atoms. The average molecular weight is 288 g/mol. The van der Waals surface area contributed by atoms with Crippen LogP contribution in [0.15, 0.2) is 79.9 Å². The summed E-state index contributed by atoms with van der Waals surface area (Å²) in [5.41, 5.74) is 4.81. The second-order valence-electron chi connectivity index (χ2n) is 5.38. The van der Waals surface area contributed by atoms with Crippen molar-refractivity contribution < 1.29 is 4.74 Å². The van der Waals surface area contributed by atoms with E-state index in [1.807, 2.05) is 18.2 Å². The first-order valence-electron chi connectivity index (χ1n) is 7.61. The van der Waals surface area contributed by atoms with Crippen LogP contribution in [0.5, 0.6) is 0 Å². The highest BCUT2D eigenvalue weighted by atomic mass is 16.5. The Morgan fingerprint density at radius 1 is 0.955 bits per heavy atom. The van der Waals surface area contributed by atoms with Gasteiger partial charge in [-0.15, -0.1) is 13.2 Å². The van der Waals surface area contributed by atoms with Gasteiger partial charge in [0.2, 0.25) is 0 Å². The van der Waals surface area contributed by atoms with Crippen LogP contribution in [0.25, 0.3) is 11.3 Å². The number of allylic oxidation sites excluding steroid dienone is 2. The van der Waals surface area contributed by atoms with E-state index in [1.165, 1.54) is 22.3 Å². The van der Waals surface area contributed by atoms with Crippen LogP contribution in [-0.4, -0.2) is 0 Å². The molecule has 1 atom stereocenters. The zero-order valence-corrected chi connectivity index (χ0v) is 12.7. The van der Waals surface area contributed by atoms with Crippen molar-refractivity contribution in [1.82, 2.24) is 0 Å². The summed E-state index contributed by atoms with van der Waals surface area (Å²) in [7, 11) is 0. The van der Waals surface area contributed by atoms with Gasteiger partial charge in [0.15, 0.2) is 0 Å². The molecule has 0 N–H and O–H groups in total. The topological polar surface area (TPSA) is 9.23 Å². The maximum Gasteiger partial charge on any atom is 0.131 e. The molecule has 1 heterocycles. The van der Waals surface area contributed by atoms with Crippen LogP contribution in [0.4, 0.5) is 0 Å². The molecule has 0 radical (unpaired) electrons. The number of benzene rings is 2. The lowest BCUT2D eigenvalue weighted by molar-refractivity contribution is 0.192. The third-order valence-corrected chi connectivity index (χ3v) is 3.94. The fourth-order valence-corrected chi connectivity index (χ4v) is 2.94. The second-order valence-corrected chi connectivity index (χ2v) is 5.38. The summed E-state index contributed by atoms with van der Waals surface area (Å²) < 4.78 is 6.30. The Kier molecular flexibility index (Phi) is 4.24. The van der Waals surface area contributed by atoms with Crippen LogP contribution in [0.3, 0.4) is 0 Å². The molecule has 0 aliphatic carbocycles. The number of fused-ring (bicyclic) bond motifs is 1. The molecule has 0 bridgehead atoms. The molecule has 1 unspecified atom stereocenters. The third-order valence-electron chi connectivity index (χ3n) is 3.94. The van der Waals surface area contributed by atoms with Crippen LogP contribution in [0, 0.1) is 0 Å². The van der Waals surface area contributed by atoms with E-state index in [9.17, 15) is 0 Å². The Morgan fingerprint density at radius 2 is 1.68 bits per heavy atom. The zero-order valence-electron chi connectivity index (χ0n) is 12.7. The van der Waals surface area contributed by atoms with Crippen LogP contribution in [0.2, 0.25) is 0 Å². The van der Waals surface area contributed by atoms with Crippen molar-refractivity contribution in [2.24, 2.45) is 0 Å². The summed E-state index contributed by atoms with van der Waals surface area (Å²) >= 11 is 0. The zero-order chi connectivity index (χ0) is 15.4. The molecule has 22 heavy (non-hydrogen) atoms. The molecule has 0 saturated heterocycles. The van der Waals surface area contributed by atoms with Crippen molar-refractivity contribution in [3.63, 3.8) is 0 Å². The van der Waals surface area contributed by atoms with Gasteiger partial charge in [-0.25, -0.2) is 0 Å². The summed E-state index contributed by atoms with van der Waals surface area (Å²) in [6.45, 7) is 7.75. The summed E-state index contributed by atoms with van der Waals surface area (Å²) in [5.74, 6) is 0.980. The van der Waals surface area contributed by atoms with Crippen molar-refractivity contribution >= 4 is 11.3 Å². The van der Waals surface area contributed by atoms with Crippen LogP contribution >= 0.6 is 0 Å². The minimum absolute atomic E-state index is 0.0622. The van der Waals surface area contributed by atoms with Gasteiger partial charge < -0.3 is 4.74 Å². The van der Waals surface area contributed by atoms with Crippen molar-refractivity contribution in [2.45, 2.75) is 18.9 Å². The molecule has 3 rings (SSSR count). The number of hydrogen-bond donors (Lipinski definition) is 0. The molecule has 1 heteroatoms. The fraction of sp³-hybridized carbons (Fsp3) is 0.143. The highest BCUT2D eigenvalue weighted by molar-refractivity contribution is 5.90. The average Bonchev–Trinajstić information content (AvgIpc) is 2.93. The molecule has 0 amide bonds. The Labute approximate surface area is 132 Å².